The zero-order valence-electron chi connectivity index (χ0n) is 13.0. The molecule has 112 valence electrons. The van der Waals surface area contributed by atoms with Crippen molar-refractivity contribution in [2.75, 3.05) is 0 Å². The molecule has 0 aromatic heterocycles. The third kappa shape index (κ3) is 3.99. The molecule has 1 unspecified atom stereocenters. The summed E-state index contributed by atoms with van der Waals surface area (Å²) in [6.07, 6.45) is 0. The van der Waals surface area contributed by atoms with Crippen molar-refractivity contribution in [1.82, 2.24) is 0 Å². The second-order valence-electron chi connectivity index (χ2n) is 6.35. The van der Waals surface area contributed by atoms with E-state index in [1.165, 1.54) is 5.56 Å². The first kappa shape index (κ1) is 15.9. The molecule has 1 atom stereocenters. The molecular formula is C18H22ClNO. The lowest BCUT2D eigenvalue weighted by atomic mass is 9.87. The summed E-state index contributed by atoms with van der Waals surface area (Å²) in [6.45, 7) is 8.45. The smallest absolute Gasteiger partial charge is 0.128 e. The molecule has 0 aliphatic carbocycles. The fraction of sp³-hybridized carbons (Fsp3) is 0.333. The van der Waals surface area contributed by atoms with E-state index in [0.29, 0.717) is 5.02 Å². The van der Waals surface area contributed by atoms with Crippen molar-refractivity contribution >= 4 is 11.6 Å². The molecule has 2 aromatic carbocycles. The van der Waals surface area contributed by atoms with E-state index < -0.39 is 0 Å². The van der Waals surface area contributed by atoms with Crippen LogP contribution in [0.3, 0.4) is 0 Å². The summed E-state index contributed by atoms with van der Waals surface area (Å²) in [5, 5.41) is 0.634. The lowest BCUT2D eigenvalue weighted by Crippen LogP contribution is -2.10. The Hall–Kier alpha value is -1.51. The van der Waals surface area contributed by atoms with E-state index in [0.717, 1.165) is 17.1 Å². The monoisotopic (exact) mass is 303 g/mol. The van der Waals surface area contributed by atoms with Crippen LogP contribution < -0.4 is 10.5 Å². The van der Waals surface area contributed by atoms with Crippen LogP contribution in [-0.4, -0.2) is 0 Å². The van der Waals surface area contributed by atoms with Gasteiger partial charge in [0.25, 0.3) is 0 Å². The molecule has 0 spiro atoms. The SMILES string of the molecule is CC(N)c1ccc(Oc2cccc(C(C)(C)C)c2)cc1Cl. The minimum Gasteiger partial charge on any atom is -0.457 e. The third-order valence-electron chi connectivity index (χ3n) is 3.40. The largest absolute Gasteiger partial charge is 0.457 e. The Labute approximate surface area is 131 Å². The minimum absolute atomic E-state index is 0.0873. The number of ether oxygens (including phenoxy) is 1. The maximum Gasteiger partial charge on any atom is 0.128 e. The van der Waals surface area contributed by atoms with Crippen molar-refractivity contribution in [3.63, 3.8) is 0 Å². The van der Waals surface area contributed by atoms with Crippen LogP contribution in [0.1, 0.15) is 44.9 Å². The highest BCUT2D eigenvalue weighted by Gasteiger charge is 2.14. The van der Waals surface area contributed by atoms with E-state index in [-0.39, 0.29) is 11.5 Å². The number of benzene rings is 2. The molecule has 0 radical (unpaired) electrons. The standard InChI is InChI=1S/C18H22ClNO/c1-12(20)16-9-8-15(11-17(16)19)21-14-7-5-6-13(10-14)18(2,3)4/h5-12H,20H2,1-4H3. The van der Waals surface area contributed by atoms with Gasteiger partial charge in [-0.05, 0) is 47.7 Å². The van der Waals surface area contributed by atoms with E-state index in [1.54, 1.807) is 0 Å². The van der Waals surface area contributed by atoms with Gasteiger partial charge < -0.3 is 10.5 Å². The molecule has 0 aliphatic heterocycles. The molecule has 0 amide bonds. The Morgan fingerprint density at radius 3 is 2.29 bits per heavy atom. The van der Waals surface area contributed by atoms with E-state index in [9.17, 15) is 0 Å². The van der Waals surface area contributed by atoms with Crippen molar-refractivity contribution in [2.45, 2.75) is 39.2 Å². The Morgan fingerprint density at radius 2 is 1.71 bits per heavy atom. The molecule has 0 bridgehead atoms. The summed E-state index contributed by atoms with van der Waals surface area (Å²) < 4.78 is 5.90. The first-order chi connectivity index (χ1) is 9.77. The van der Waals surface area contributed by atoms with Gasteiger partial charge in [0, 0.05) is 11.1 Å². The molecule has 3 heteroatoms. The van der Waals surface area contributed by atoms with Gasteiger partial charge in [0.15, 0.2) is 0 Å². The first-order valence-corrected chi connectivity index (χ1v) is 7.48. The molecule has 0 saturated carbocycles. The molecule has 2 N–H and O–H groups in total. The van der Waals surface area contributed by atoms with Gasteiger partial charge in [0.1, 0.15) is 11.5 Å². The zero-order valence-corrected chi connectivity index (χ0v) is 13.7. The Balaban J connectivity index is 2.25. The van der Waals surface area contributed by atoms with E-state index >= 15 is 0 Å². The second-order valence-corrected chi connectivity index (χ2v) is 6.76. The number of rotatable bonds is 3. The fourth-order valence-corrected chi connectivity index (χ4v) is 2.45. The van der Waals surface area contributed by atoms with E-state index in [1.807, 2.05) is 37.3 Å². The summed E-state index contributed by atoms with van der Waals surface area (Å²) in [5.41, 5.74) is 8.11. The van der Waals surface area contributed by atoms with Crippen molar-refractivity contribution < 1.29 is 4.74 Å². The van der Waals surface area contributed by atoms with Gasteiger partial charge in [-0.2, -0.15) is 0 Å². The summed E-state index contributed by atoms with van der Waals surface area (Å²) >= 11 is 6.23. The highest BCUT2D eigenvalue weighted by atomic mass is 35.5. The molecule has 0 saturated heterocycles. The third-order valence-corrected chi connectivity index (χ3v) is 3.73. The summed E-state index contributed by atoms with van der Waals surface area (Å²) in [6, 6.07) is 13.7. The maximum atomic E-state index is 6.23. The summed E-state index contributed by atoms with van der Waals surface area (Å²) in [5.74, 6) is 1.53. The number of halogens is 1. The van der Waals surface area contributed by atoms with Crippen LogP contribution in [0.15, 0.2) is 42.5 Å². The zero-order chi connectivity index (χ0) is 15.6. The minimum atomic E-state index is -0.0873. The van der Waals surface area contributed by atoms with Gasteiger partial charge in [-0.15, -0.1) is 0 Å². The maximum absolute atomic E-state index is 6.23. The highest BCUT2D eigenvalue weighted by Crippen LogP contribution is 2.31. The van der Waals surface area contributed by atoms with Crippen LogP contribution in [0.25, 0.3) is 0 Å². The van der Waals surface area contributed by atoms with Crippen LogP contribution in [0.2, 0.25) is 5.02 Å². The van der Waals surface area contributed by atoms with Crippen molar-refractivity contribution in [2.24, 2.45) is 5.73 Å². The lowest BCUT2D eigenvalue weighted by molar-refractivity contribution is 0.478. The molecule has 2 aromatic rings. The molecule has 2 rings (SSSR count). The highest BCUT2D eigenvalue weighted by molar-refractivity contribution is 6.31. The van der Waals surface area contributed by atoms with Crippen LogP contribution in [0.5, 0.6) is 11.5 Å². The normalized spacial score (nSPS) is 13.0. The van der Waals surface area contributed by atoms with Gasteiger partial charge in [0.2, 0.25) is 0 Å². The number of hydrogen-bond donors (Lipinski definition) is 1. The second kappa shape index (κ2) is 6.08. The summed E-state index contributed by atoms with van der Waals surface area (Å²) in [4.78, 5) is 0. The average Bonchev–Trinajstić information content (AvgIpc) is 2.37. The summed E-state index contributed by atoms with van der Waals surface area (Å²) in [7, 11) is 0. The van der Waals surface area contributed by atoms with Crippen LogP contribution >= 0.6 is 11.6 Å². The quantitative estimate of drug-likeness (QED) is 0.818. The average molecular weight is 304 g/mol. The predicted octanol–water partition coefficient (Wildman–Crippen LogP) is 5.45. The fourth-order valence-electron chi connectivity index (χ4n) is 2.10. The predicted molar refractivity (Wildman–Crippen MR) is 89.3 cm³/mol. The van der Waals surface area contributed by atoms with Gasteiger partial charge in [-0.1, -0.05) is 50.6 Å². The van der Waals surface area contributed by atoms with E-state index in [4.69, 9.17) is 22.1 Å². The van der Waals surface area contributed by atoms with Gasteiger partial charge in [-0.3, -0.25) is 0 Å². The Kier molecular flexibility index (Phi) is 4.60. The molecule has 2 nitrogen and oxygen atoms in total. The first-order valence-electron chi connectivity index (χ1n) is 7.11. The Morgan fingerprint density at radius 1 is 1.05 bits per heavy atom. The molecule has 21 heavy (non-hydrogen) atoms. The van der Waals surface area contributed by atoms with Gasteiger partial charge >= 0.3 is 0 Å². The van der Waals surface area contributed by atoms with Crippen LogP contribution in [-0.2, 0) is 5.41 Å². The Bertz CT molecular complexity index is 629. The topological polar surface area (TPSA) is 35.2 Å². The van der Waals surface area contributed by atoms with Gasteiger partial charge in [0.05, 0.1) is 0 Å². The van der Waals surface area contributed by atoms with Crippen LogP contribution in [0, 0.1) is 0 Å². The molecule has 0 heterocycles. The lowest BCUT2D eigenvalue weighted by Gasteiger charge is -2.20. The van der Waals surface area contributed by atoms with E-state index in [2.05, 4.69) is 32.9 Å². The number of nitrogens with two attached hydrogens (primary N) is 1. The molecule has 0 aliphatic rings. The van der Waals surface area contributed by atoms with Crippen molar-refractivity contribution in [3.8, 4) is 11.5 Å². The number of hydrogen-bond acceptors (Lipinski definition) is 2. The van der Waals surface area contributed by atoms with Crippen molar-refractivity contribution in [1.29, 1.82) is 0 Å². The molecular weight excluding hydrogens is 282 g/mol. The van der Waals surface area contributed by atoms with Gasteiger partial charge in [-0.25, -0.2) is 0 Å². The van der Waals surface area contributed by atoms with Crippen molar-refractivity contribution in [3.05, 3.63) is 58.6 Å². The molecule has 0 fully saturated rings. The van der Waals surface area contributed by atoms with Crippen LogP contribution in [0.4, 0.5) is 0 Å².